The molecule has 0 aromatic heterocycles. The van der Waals surface area contributed by atoms with E-state index < -0.39 is 17.1 Å². The maximum absolute atomic E-state index is 4.09. The average Bonchev–Trinajstić information content (AvgIpc) is 3.70. The van der Waals surface area contributed by atoms with E-state index in [1.165, 1.54) is 54.9 Å². The Hall–Kier alpha value is -3.01. The summed E-state index contributed by atoms with van der Waals surface area (Å²) in [5.41, 5.74) is 14.8. The van der Waals surface area contributed by atoms with E-state index in [0.29, 0.717) is 7.35 Å². The summed E-state index contributed by atoms with van der Waals surface area (Å²) in [4.78, 5) is 0. The third-order valence-corrected chi connectivity index (χ3v) is 36.7. The van der Waals surface area contributed by atoms with Gasteiger partial charge in [0.1, 0.15) is 0 Å². The zero-order valence-electron chi connectivity index (χ0n) is 31.9. The van der Waals surface area contributed by atoms with Crippen molar-refractivity contribution in [3.8, 4) is 22.3 Å². The molecule has 0 amide bonds. The zero-order chi connectivity index (χ0) is 35.2. The first-order chi connectivity index (χ1) is 23.6. The molecule has 2 atom stereocenters. The molecule has 0 fully saturated rings. The summed E-state index contributed by atoms with van der Waals surface area (Å²) < 4.78 is 6.50. The minimum absolute atomic E-state index is 0. The Kier molecular flexibility index (Phi) is 9.96. The molecule has 0 nitrogen and oxygen atoms in total. The van der Waals surface area contributed by atoms with E-state index in [-0.39, 0.29) is 35.6 Å². The van der Waals surface area contributed by atoms with Gasteiger partial charge in [0.25, 0.3) is 0 Å². The molecule has 266 valence electrons. The predicted molar refractivity (Wildman–Crippen MR) is 234 cm³/mol. The molecule has 0 bridgehead atoms. The molecule has 0 spiro atoms. The summed E-state index contributed by atoms with van der Waals surface area (Å²) in [6, 6.07) is 45.8. The standard InChI is InChI=1S/2C23H21.2CH3.2ClH.Hf.H2Si/c2*1-23(2,3)18-14-17-10-7-13-21(22(17)15-18)20-12-6-9-16-8-4-5-11-19(16)20;;;;;;/h2*4-15H,1-3H3;2*1H3;2*1H;;1H2. The van der Waals surface area contributed by atoms with Gasteiger partial charge in [-0.2, -0.15) is 0 Å². The van der Waals surface area contributed by atoms with Gasteiger partial charge < -0.3 is 0 Å². The Balaban J connectivity index is 0.00000232. The fourth-order valence-corrected chi connectivity index (χ4v) is 38.3. The first-order valence-corrected chi connectivity index (χ1v) is 38.0. The second-order valence-electron chi connectivity index (χ2n) is 18.2. The third-order valence-electron chi connectivity index (χ3n) is 11.9. The van der Waals surface area contributed by atoms with Crippen molar-refractivity contribution in [3.63, 3.8) is 0 Å². The maximum atomic E-state index is 2.81. The van der Waals surface area contributed by atoms with Crippen LogP contribution in [0.15, 0.2) is 132 Å². The van der Waals surface area contributed by atoms with Crippen molar-refractivity contribution >= 4 is 65.5 Å². The molecule has 2 unspecified atom stereocenters. The quantitative estimate of drug-likeness (QED) is 0.155. The minimum atomic E-state index is -4.09. The fraction of sp³-hybridized carbons (Fsp3) is 0.250. The largest absolute Gasteiger partial charge is 0.147 e. The van der Waals surface area contributed by atoms with Crippen LogP contribution in [0.25, 0.3) is 56.0 Å². The maximum Gasteiger partial charge on any atom is -0.147 e. The number of allylic oxidation sites excluding steroid dienone is 2. The molecular formula is C48H52Cl2HfSi. The molecule has 0 aliphatic heterocycles. The van der Waals surface area contributed by atoms with E-state index in [0.717, 1.165) is 0 Å². The molecule has 0 radical (unpaired) electrons. The molecule has 2 aliphatic carbocycles. The van der Waals surface area contributed by atoms with Crippen molar-refractivity contribution in [2.24, 2.45) is 10.8 Å². The monoisotopic (exact) mass is 906 g/mol. The van der Waals surface area contributed by atoms with Crippen LogP contribution in [0.1, 0.15) is 71.1 Å². The number of hydrogen-bond donors (Lipinski definition) is 0. The average molecular weight is 906 g/mol. The van der Waals surface area contributed by atoms with Crippen molar-refractivity contribution in [2.75, 3.05) is 0 Å². The zero-order valence-corrected chi connectivity index (χ0v) is 38.5. The van der Waals surface area contributed by atoms with Crippen LogP contribution in [0, 0.1) is 10.8 Å². The van der Waals surface area contributed by atoms with E-state index in [9.17, 15) is 0 Å². The van der Waals surface area contributed by atoms with E-state index in [2.05, 4.69) is 191 Å². The molecule has 2 aliphatic rings. The van der Waals surface area contributed by atoms with Gasteiger partial charge in [-0.1, -0.05) is 0 Å². The van der Waals surface area contributed by atoms with Gasteiger partial charge in [0.15, 0.2) is 0 Å². The Morgan fingerprint density at radius 3 is 1.15 bits per heavy atom. The normalized spacial score (nSPS) is 17.2. The van der Waals surface area contributed by atoms with Crippen LogP contribution in [-0.4, -0.2) is 6.94 Å². The van der Waals surface area contributed by atoms with Crippen molar-refractivity contribution in [1.82, 2.24) is 0 Å². The molecule has 0 N–H and O–H groups in total. The number of rotatable bonds is 4. The van der Waals surface area contributed by atoms with E-state index in [1.807, 2.05) is 0 Å². The summed E-state index contributed by atoms with van der Waals surface area (Å²) in [6.45, 7) is 17.2. The van der Waals surface area contributed by atoms with E-state index in [4.69, 9.17) is 0 Å². The molecule has 0 heterocycles. The van der Waals surface area contributed by atoms with Gasteiger partial charge in [-0.15, -0.1) is 24.8 Å². The molecular weight excluding hydrogens is 854 g/mol. The fourth-order valence-electron chi connectivity index (χ4n) is 9.70. The molecule has 4 heteroatoms. The summed E-state index contributed by atoms with van der Waals surface area (Å²) in [6.07, 6.45) is 5.27. The van der Waals surface area contributed by atoms with Crippen molar-refractivity contribution < 1.29 is 17.1 Å². The minimum Gasteiger partial charge on any atom is -0.147 e. The van der Waals surface area contributed by atoms with Crippen LogP contribution in [0.3, 0.4) is 0 Å². The van der Waals surface area contributed by atoms with Gasteiger partial charge in [0.05, 0.1) is 0 Å². The summed E-state index contributed by atoms with van der Waals surface area (Å²) in [5.74, 6) is 0. The predicted octanol–water partition coefficient (Wildman–Crippen LogP) is 14.2. The van der Waals surface area contributed by atoms with Gasteiger partial charge in [-0.3, -0.25) is 0 Å². The van der Waals surface area contributed by atoms with Crippen LogP contribution < -0.4 is 0 Å². The number of hydrogen-bond acceptors (Lipinski definition) is 0. The topological polar surface area (TPSA) is 0 Å². The second kappa shape index (κ2) is 13.4. The molecule has 52 heavy (non-hydrogen) atoms. The van der Waals surface area contributed by atoms with Gasteiger partial charge in [0.2, 0.25) is 0 Å². The van der Waals surface area contributed by atoms with Crippen LogP contribution in [0.2, 0.25) is 9.36 Å². The van der Waals surface area contributed by atoms with Crippen LogP contribution >= 0.6 is 24.8 Å². The number of halogens is 2. The Labute approximate surface area is 326 Å². The Morgan fingerprint density at radius 1 is 0.442 bits per heavy atom. The Morgan fingerprint density at radius 2 is 0.769 bits per heavy atom. The van der Waals surface area contributed by atoms with E-state index in [1.54, 1.807) is 22.3 Å². The molecule has 0 saturated heterocycles. The second-order valence-corrected chi connectivity index (χ2v) is 61.7. The first kappa shape index (κ1) is 38.7. The van der Waals surface area contributed by atoms with Gasteiger partial charge in [-0.25, -0.2) is 0 Å². The van der Waals surface area contributed by atoms with E-state index >= 15 is 0 Å². The van der Waals surface area contributed by atoms with Crippen molar-refractivity contribution in [2.45, 2.75) is 58.3 Å². The molecule has 8 rings (SSSR count). The molecule has 0 saturated carbocycles. The van der Waals surface area contributed by atoms with Gasteiger partial charge in [-0.05, 0) is 0 Å². The summed E-state index contributed by atoms with van der Waals surface area (Å²) in [5, 5.41) is 5.27. The number of fused-ring (bicyclic) bond motifs is 4. The summed E-state index contributed by atoms with van der Waals surface area (Å²) >= 11 is -4.09. The third kappa shape index (κ3) is 6.16. The molecule has 6 aromatic rings. The van der Waals surface area contributed by atoms with Gasteiger partial charge in [0, 0.05) is 0 Å². The number of benzene rings is 6. The van der Waals surface area contributed by atoms with Crippen LogP contribution in [0.4, 0.5) is 0 Å². The first-order valence-electron chi connectivity index (χ1n) is 18.4. The SMILES string of the molecule is CC(C)(C)C1=Cc2c(-c3cccc4ccccc34)cccc2[CH]1[Hf]([CH3])([CH3])(=[SiH2])[CH]1C(C(C)(C)C)=Cc2c(-c3cccc4ccccc34)cccc21.Cl.Cl. The van der Waals surface area contributed by atoms with Crippen LogP contribution in [0.5, 0.6) is 0 Å². The summed E-state index contributed by atoms with van der Waals surface area (Å²) in [7, 11) is 0. The smallest absolute Gasteiger partial charge is 0.147 e. The molecule has 6 aromatic carbocycles. The van der Waals surface area contributed by atoms with Gasteiger partial charge >= 0.3 is 304 Å². The Bertz CT molecular complexity index is 2320. The van der Waals surface area contributed by atoms with Crippen LogP contribution in [-0.2, 0) is 17.1 Å². The van der Waals surface area contributed by atoms with Crippen molar-refractivity contribution in [1.29, 1.82) is 0 Å². The van der Waals surface area contributed by atoms with Crippen molar-refractivity contribution in [3.05, 3.63) is 155 Å².